The standard InChI is InChI=1S/C10H10BrNO4/c1-3-16-10-8(12(14)15)5-4-7(6(2)13)9(10)11/h4-5H,3H2,1-2H3. The highest BCUT2D eigenvalue weighted by molar-refractivity contribution is 9.10. The Morgan fingerprint density at radius 2 is 2.19 bits per heavy atom. The van der Waals surface area contributed by atoms with Gasteiger partial charge in [-0.15, -0.1) is 0 Å². The summed E-state index contributed by atoms with van der Waals surface area (Å²) in [6, 6.07) is 2.68. The third-order valence-corrected chi connectivity index (χ3v) is 2.73. The van der Waals surface area contributed by atoms with Crippen LogP contribution in [0.2, 0.25) is 0 Å². The zero-order valence-electron chi connectivity index (χ0n) is 8.82. The molecule has 1 aromatic carbocycles. The summed E-state index contributed by atoms with van der Waals surface area (Å²) in [6.45, 7) is 3.40. The van der Waals surface area contributed by atoms with Crippen LogP contribution in [-0.2, 0) is 0 Å². The van der Waals surface area contributed by atoms with E-state index in [-0.39, 0.29) is 17.2 Å². The molecule has 0 aliphatic rings. The zero-order chi connectivity index (χ0) is 12.3. The van der Waals surface area contributed by atoms with Gasteiger partial charge >= 0.3 is 5.69 Å². The molecule has 0 atom stereocenters. The number of Topliss-reactive ketones (excluding diaryl/α,β-unsaturated/α-hetero) is 1. The van der Waals surface area contributed by atoms with Crippen molar-refractivity contribution in [3.05, 3.63) is 32.3 Å². The summed E-state index contributed by atoms with van der Waals surface area (Å²) in [6.07, 6.45) is 0. The Kier molecular flexibility index (Phi) is 4.00. The van der Waals surface area contributed by atoms with Gasteiger partial charge in [0.15, 0.2) is 5.78 Å². The predicted octanol–water partition coefficient (Wildman–Crippen LogP) is 2.96. The normalized spacial score (nSPS) is 9.94. The molecule has 0 N–H and O–H groups in total. The number of carbonyl (C=O) groups excluding carboxylic acids is 1. The van der Waals surface area contributed by atoms with E-state index >= 15 is 0 Å². The Morgan fingerprint density at radius 3 is 2.62 bits per heavy atom. The Bertz CT molecular complexity index is 445. The van der Waals surface area contributed by atoms with Crippen LogP contribution in [0.5, 0.6) is 5.75 Å². The lowest BCUT2D eigenvalue weighted by atomic mass is 10.1. The van der Waals surface area contributed by atoms with Crippen LogP contribution in [0.3, 0.4) is 0 Å². The van der Waals surface area contributed by atoms with E-state index in [0.717, 1.165) is 0 Å². The zero-order valence-corrected chi connectivity index (χ0v) is 10.4. The van der Waals surface area contributed by atoms with Crippen LogP contribution in [0.4, 0.5) is 5.69 Å². The van der Waals surface area contributed by atoms with Crippen LogP contribution in [-0.4, -0.2) is 17.3 Å². The molecule has 0 heterocycles. The minimum atomic E-state index is -0.542. The molecule has 0 amide bonds. The molecule has 1 rings (SSSR count). The number of halogens is 1. The molecule has 16 heavy (non-hydrogen) atoms. The van der Waals surface area contributed by atoms with Crippen molar-refractivity contribution in [1.82, 2.24) is 0 Å². The number of nitro benzene ring substituents is 1. The fourth-order valence-electron chi connectivity index (χ4n) is 1.24. The quantitative estimate of drug-likeness (QED) is 0.485. The van der Waals surface area contributed by atoms with Gasteiger partial charge in [-0.3, -0.25) is 14.9 Å². The van der Waals surface area contributed by atoms with E-state index in [9.17, 15) is 14.9 Å². The molecule has 5 nitrogen and oxygen atoms in total. The number of carbonyl (C=O) groups is 1. The average molecular weight is 288 g/mol. The van der Waals surface area contributed by atoms with Gasteiger partial charge in [-0.05, 0) is 35.8 Å². The molecule has 0 aliphatic carbocycles. The third kappa shape index (κ3) is 2.38. The van der Waals surface area contributed by atoms with Gasteiger partial charge in [-0.2, -0.15) is 0 Å². The first-order valence-electron chi connectivity index (χ1n) is 4.59. The van der Waals surface area contributed by atoms with Crippen LogP contribution in [0.1, 0.15) is 24.2 Å². The van der Waals surface area contributed by atoms with E-state index in [1.165, 1.54) is 19.1 Å². The van der Waals surface area contributed by atoms with Crippen molar-refractivity contribution >= 4 is 27.4 Å². The summed E-state index contributed by atoms with van der Waals surface area (Å²) in [4.78, 5) is 21.5. The van der Waals surface area contributed by atoms with Gasteiger partial charge in [0.1, 0.15) is 0 Å². The number of hydrogen-bond donors (Lipinski definition) is 0. The fraction of sp³-hybridized carbons (Fsp3) is 0.300. The van der Waals surface area contributed by atoms with E-state index < -0.39 is 4.92 Å². The van der Waals surface area contributed by atoms with Crippen LogP contribution in [0, 0.1) is 10.1 Å². The number of benzene rings is 1. The molecule has 0 bridgehead atoms. The number of hydrogen-bond acceptors (Lipinski definition) is 4. The van der Waals surface area contributed by atoms with E-state index in [1.54, 1.807) is 6.92 Å². The summed E-state index contributed by atoms with van der Waals surface area (Å²) in [7, 11) is 0. The first-order valence-corrected chi connectivity index (χ1v) is 5.39. The van der Waals surface area contributed by atoms with E-state index in [4.69, 9.17) is 4.74 Å². The molecular formula is C10H10BrNO4. The third-order valence-electron chi connectivity index (χ3n) is 1.94. The van der Waals surface area contributed by atoms with Crippen molar-refractivity contribution in [1.29, 1.82) is 0 Å². The number of rotatable bonds is 4. The molecule has 0 unspecified atom stereocenters. The minimum Gasteiger partial charge on any atom is -0.486 e. The maximum absolute atomic E-state index is 11.2. The molecule has 1 aromatic rings. The molecule has 0 aromatic heterocycles. The molecule has 0 aliphatic heterocycles. The van der Waals surface area contributed by atoms with Crippen molar-refractivity contribution in [2.45, 2.75) is 13.8 Å². The highest BCUT2D eigenvalue weighted by Gasteiger charge is 2.22. The van der Waals surface area contributed by atoms with Crippen molar-refractivity contribution in [3.8, 4) is 5.75 Å². The molecule has 0 spiro atoms. The number of nitro groups is 1. The van der Waals surface area contributed by atoms with E-state index in [0.29, 0.717) is 16.6 Å². The summed E-state index contributed by atoms with van der Waals surface area (Å²) < 4.78 is 5.51. The largest absolute Gasteiger partial charge is 0.486 e. The topological polar surface area (TPSA) is 69.4 Å². The molecule has 0 radical (unpaired) electrons. The van der Waals surface area contributed by atoms with Crippen molar-refractivity contribution in [2.75, 3.05) is 6.61 Å². The van der Waals surface area contributed by atoms with E-state index in [1.807, 2.05) is 0 Å². The summed E-state index contributed by atoms with van der Waals surface area (Å²) in [5.41, 5.74) is 0.216. The smallest absolute Gasteiger partial charge is 0.312 e. The van der Waals surface area contributed by atoms with Crippen LogP contribution >= 0.6 is 15.9 Å². The maximum Gasteiger partial charge on any atom is 0.312 e. The van der Waals surface area contributed by atoms with Gasteiger partial charge in [0.05, 0.1) is 16.0 Å². The lowest BCUT2D eigenvalue weighted by Crippen LogP contribution is -2.02. The van der Waals surface area contributed by atoms with Crippen molar-refractivity contribution < 1.29 is 14.5 Å². The highest BCUT2D eigenvalue weighted by atomic mass is 79.9. The van der Waals surface area contributed by atoms with E-state index in [2.05, 4.69) is 15.9 Å². The van der Waals surface area contributed by atoms with Gasteiger partial charge in [-0.1, -0.05) is 0 Å². The van der Waals surface area contributed by atoms with Crippen molar-refractivity contribution in [3.63, 3.8) is 0 Å². The Morgan fingerprint density at radius 1 is 1.56 bits per heavy atom. The second kappa shape index (κ2) is 5.07. The average Bonchev–Trinajstić information content (AvgIpc) is 2.20. The summed E-state index contributed by atoms with van der Waals surface area (Å²) in [5.74, 6) is -0.0806. The van der Waals surface area contributed by atoms with Gasteiger partial charge in [0.25, 0.3) is 0 Å². The van der Waals surface area contributed by atoms with Gasteiger partial charge < -0.3 is 4.74 Å². The lowest BCUT2D eigenvalue weighted by molar-refractivity contribution is -0.385. The fourth-order valence-corrected chi connectivity index (χ4v) is 1.97. The first kappa shape index (κ1) is 12.6. The van der Waals surface area contributed by atoms with Gasteiger partial charge in [-0.25, -0.2) is 0 Å². The second-order valence-electron chi connectivity index (χ2n) is 3.02. The molecule has 86 valence electrons. The number of ether oxygens (including phenoxy) is 1. The summed E-state index contributed by atoms with van der Waals surface area (Å²) >= 11 is 3.15. The summed E-state index contributed by atoms with van der Waals surface area (Å²) in [5, 5.41) is 10.7. The Labute approximate surface area is 101 Å². The van der Waals surface area contributed by atoms with Crippen molar-refractivity contribution in [2.24, 2.45) is 0 Å². The second-order valence-corrected chi connectivity index (χ2v) is 3.81. The maximum atomic E-state index is 11.2. The molecule has 0 saturated carbocycles. The molecule has 0 saturated heterocycles. The Balaban J connectivity index is 3.41. The van der Waals surface area contributed by atoms with Gasteiger partial charge in [0.2, 0.25) is 5.75 Å². The molecular weight excluding hydrogens is 278 g/mol. The first-order chi connectivity index (χ1) is 7.49. The minimum absolute atomic E-state index is 0.0974. The lowest BCUT2D eigenvalue weighted by Gasteiger charge is -2.08. The highest BCUT2D eigenvalue weighted by Crippen LogP contribution is 2.37. The van der Waals surface area contributed by atoms with Crippen LogP contribution in [0.25, 0.3) is 0 Å². The number of nitrogens with zero attached hydrogens (tertiary/aromatic N) is 1. The monoisotopic (exact) mass is 287 g/mol. The van der Waals surface area contributed by atoms with Gasteiger partial charge in [0, 0.05) is 11.6 Å². The predicted molar refractivity (Wildman–Crippen MR) is 62.0 cm³/mol. The Hall–Kier alpha value is -1.43. The SMILES string of the molecule is CCOc1c([N+](=O)[O-])ccc(C(C)=O)c1Br. The van der Waals surface area contributed by atoms with Crippen LogP contribution in [0.15, 0.2) is 16.6 Å². The number of ketones is 1. The molecule has 6 heteroatoms. The molecule has 0 fully saturated rings. The van der Waals surface area contributed by atoms with Crippen LogP contribution < -0.4 is 4.74 Å².